The predicted octanol–water partition coefficient (Wildman–Crippen LogP) is 2.99. The second-order valence-electron chi connectivity index (χ2n) is 6.64. The van der Waals surface area contributed by atoms with E-state index in [4.69, 9.17) is 10.1 Å². The maximum atomic E-state index is 7.46. The number of hydrazone groups is 1. The molecule has 0 saturated heterocycles. The average molecular weight is 414 g/mol. The molecule has 31 heavy (non-hydrogen) atoms. The summed E-state index contributed by atoms with van der Waals surface area (Å²) in [6.45, 7) is 0.601. The fraction of sp³-hybridized carbons (Fsp3) is 0.136. The molecule has 0 aliphatic heterocycles. The van der Waals surface area contributed by atoms with Crippen molar-refractivity contribution in [1.29, 1.82) is 5.41 Å². The summed E-state index contributed by atoms with van der Waals surface area (Å²) in [6, 6.07) is 13.5. The highest BCUT2D eigenvalue weighted by Crippen LogP contribution is 2.23. The second-order valence-corrected chi connectivity index (χ2v) is 6.64. The zero-order chi connectivity index (χ0) is 21.6. The van der Waals surface area contributed by atoms with Crippen LogP contribution in [-0.4, -0.2) is 45.4 Å². The van der Waals surface area contributed by atoms with Crippen LogP contribution >= 0.6 is 0 Å². The van der Waals surface area contributed by atoms with Crippen molar-refractivity contribution >= 4 is 23.4 Å². The van der Waals surface area contributed by atoms with Crippen molar-refractivity contribution in [3.8, 4) is 17.1 Å². The molecule has 3 N–H and O–H groups in total. The van der Waals surface area contributed by atoms with Gasteiger partial charge in [0.25, 0.3) is 0 Å². The molecule has 0 aliphatic rings. The molecule has 1 aromatic carbocycles. The second kappa shape index (κ2) is 9.04. The number of fused-ring (bicyclic) bond motifs is 1. The molecule has 4 aromatic rings. The summed E-state index contributed by atoms with van der Waals surface area (Å²) in [5, 5.41) is 14.9. The van der Waals surface area contributed by atoms with Crippen LogP contribution in [0, 0.1) is 5.41 Å². The summed E-state index contributed by atoms with van der Waals surface area (Å²) >= 11 is 0. The smallest absolute Gasteiger partial charge is 0.140 e. The van der Waals surface area contributed by atoms with Gasteiger partial charge in [-0.25, -0.2) is 15.0 Å². The fourth-order valence-electron chi connectivity index (χ4n) is 3.16. The number of imidazole rings is 1. The standard InChI is InChI=1S/C22H22N8O/c1-24-29-19(11-23)16-5-3-15(4-6-16)12-25-21-10-18(27-14-28-21)20-13-26-22-9-17(31-2)7-8-30(20)22/h3-11,13-14,23-24H,12H2,1-2H3,(H,25,27,28)/b23-11?,29-19+. The topological polar surface area (TPSA) is 113 Å². The predicted molar refractivity (Wildman–Crippen MR) is 121 cm³/mol. The monoisotopic (exact) mass is 414 g/mol. The Kier molecular flexibility index (Phi) is 5.84. The van der Waals surface area contributed by atoms with E-state index >= 15 is 0 Å². The Morgan fingerprint density at radius 2 is 2.00 bits per heavy atom. The van der Waals surface area contributed by atoms with E-state index in [1.54, 1.807) is 20.4 Å². The number of ether oxygens (including phenoxy) is 1. The summed E-state index contributed by atoms with van der Waals surface area (Å²) < 4.78 is 7.22. The minimum Gasteiger partial charge on any atom is -0.497 e. The Balaban J connectivity index is 1.49. The molecule has 0 unspecified atom stereocenters. The molecule has 156 valence electrons. The molecule has 9 heteroatoms. The van der Waals surface area contributed by atoms with Gasteiger partial charge < -0.3 is 20.9 Å². The molecule has 3 aromatic heterocycles. The molecule has 9 nitrogen and oxygen atoms in total. The van der Waals surface area contributed by atoms with Crippen LogP contribution in [0.5, 0.6) is 5.75 Å². The van der Waals surface area contributed by atoms with Crippen LogP contribution in [0.25, 0.3) is 17.0 Å². The van der Waals surface area contributed by atoms with E-state index in [1.807, 2.05) is 53.1 Å². The first-order chi connectivity index (χ1) is 15.2. The van der Waals surface area contributed by atoms with E-state index in [-0.39, 0.29) is 0 Å². The molecule has 0 saturated carbocycles. The number of pyridine rings is 1. The SMILES string of the molecule is CN/N=C(\C=N)c1ccc(CNc2cc(-c3cnc4cc(OC)ccn34)ncn2)cc1. The van der Waals surface area contributed by atoms with Crippen LogP contribution in [0.2, 0.25) is 0 Å². The third-order valence-corrected chi connectivity index (χ3v) is 4.74. The zero-order valence-corrected chi connectivity index (χ0v) is 17.2. The lowest BCUT2D eigenvalue weighted by Crippen LogP contribution is -2.08. The number of hydrogen-bond donors (Lipinski definition) is 3. The van der Waals surface area contributed by atoms with Gasteiger partial charge in [0, 0.05) is 43.7 Å². The maximum absolute atomic E-state index is 7.46. The first-order valence-corrected chi connectivity index (χ1v) is 9.63. The molecule has 0 aliphatic carbocycles. The van der Waals surface area contributed by atoms with Gasteiger partial charge >= 0.3 is 0 Å². The van der Waals surface area contributed by atoms with Crippen molar-refractivity contribution in [2.24, 2.45) is 5.10 Å². The number of methoxy groups -OCH3 is 1. The van der Waals surface area contributed by atoms with Crippen molar-refractivity contribution in [3.63, 3.8) is 0 Å². The van der Waals surface area contributed by atoms with E-state index < -0.39 is 0 Å². The third-order valence-electron chi connectivity index (χ3n) is 4.74. The first-order valence-electron chi connectivity index (χ1n) is 9.63. The van der Waals surface area contributed by atoms with Crippen molar-refractivity contribution < 1.29 is 4.74 Å². The number of nitrogens with one attached hydrogen (secondary N) is 3. The van der Waals surface area contributed by atoms with Gasteiger partial charge in [0.1, 0.15) is 29.3 Å². The molecule has 3 heterocycles. The minimum atomic E-state index is 0.577. The van der Waals surface area contributed by atoms with Crippen molar-refractivity contribution in [1.82, 2.24) is 24.8 Å². The van der Waals surface area contributed by atoms with Crippen LogP contribution < -0.4 is 15.5 Å². The largest absolute Gasteiger partial charge is 0.497 e. The summed E-state index contributed by atoms with van der Waals surface area (Å²) in [5.41, 5.74) is 7.67. The van der Waals surface area contributed by atoms with Gasteiger partial charge in [0.05, 0.1) is 24.7 Å². The van der Waals surface area contributed by atoms with Gasteiger partial charge in [0.15, 0.2) is 0 Å². The van der Waals surface area contributed by atoms with E-state index in [9.17, 15) is 0 Å². The van der Waals surface area contributed by atoms with E-state index in [1.165, 1.54) is 12.5 Å². The number of benzene rings is 1. The van der Waals surface area contributed by atoms with Crippen LogP contribution in [0.4, 0.5) is 5.82 Å². The lowest BCUT2D eigenvalue weighted by atomic mass is 10.1. The van der Waals surface area contributed by atoms with Crippen LogP contribution in [0.1, 0.15) is 11.1 Å². The summed E-state index contributed by atoms with van der Waals surface area (Å²) in [6.07, 6.45) is 6.46. The minimum absolute atomic E-state index is 0.577. The highest BCUT2D eigenvalue weighted by Gasteiger charge is 2.09. The lowest BCUT2D eigenvalue weighted by molar-refractivity contribution is 0.414. The maximum Gasteiger partial charge on any atom is 0.140 e. The number of nitrogens with zero attached hydrogens (tertiary/aromatic N) is 5. The van der Waals surface area contributed by atoms with E-state index in [2.05, 4.69) is 30.8 Å². The normalized spacial score (nSPS) is 11.4. The Morgan fingerprint density at radius 1 is 1.16 bits per heavy atom. The van der Waals surface area contributed by atoms with E-state index in [0.717, 1.165) is 39.7 Å². The van der Waals surface area contributed by atoms with Gasteiger partial charge in [-0.15, -0.1) is 0 Å². The molecule has 0 fully saturated rings. The van der Waals surface area contributed by atoms with E-state index in [0.29, 0.717) is 12.3 Å². The number of rotatable bonds is 8. The Morgan fingerprint density at radius 3 is 2.74 bits per heavy atom. The van der Waals surface area contributed by atoms with Crippen LogP contribution in [0.3, 0.4) is 0 Å². The van der Waals surface area contributed by atoms with Crippen LogP contribution in [0.15, 0.2) is 66.3 Å². The highest BCUT2D eigenvalue weighted by molar-refractivity contribution is 6.37. The Labute approximate surface area is 179 Å². The summed E-state index contributed by atoms with van der Waals surface area (Å²) in [7, 11) is 3.34. The summed E-state index contributed by atoms with van der Waals surface area (Å²) in [5.74, 6) is 1.47. The Hall–Kier alpha value is -4.27. The number of aromatic nitrogens is 4. The van der Waals surface area contributed by atoms with Crippen molar-refractivity contribution in [2.75, 3.05) is 19.5 Å². The van der Waals surface area contributed by atoms with Gasteiger partial charge in [-0.3, -0.25) is 4.40 Å². The van der Waals surface area contributed by atoms with Gasteiger partial charge in [0.2, 0.25) is 0 Å². The molecule has 0 spiro atoms. The van der Waals surface area contributed by atoms with Gasteiger partial charge in [-0.05, 0) is 11.6 Å². The third kappa shape index (κ3) is 4.35. The molecular formula is C22H22N8O. The highest BCUT2D eigenvalue weighted by atomic mass is 16.5. The van der Waals surface area contributed by atoms with Crippen LogP contribution in [-0.2, 0) is 6.54 Å². The van der Waals surface area contributed by atoms with Crippen molar-refractivity contribution in [3.05, 3.63) is 72.3 Å². The molecule has 0 amide bonds. The summed E-state index contributed by atoms with van der Waals surface area (Å²) in [4.78, 5) is 13.2. The molecule has 0 atom stereocenters. The van der Waals surface area contributed by atoms with Crippen molar-refractivity contribution in [2.45, 2.75) is 6.54 Å². The average Bonchev–Trinajstić information content (AvgIpc) is 3.25. The quantitative estimate of drug-likeness (QED) is 0.302. The zero-order valence-electron chi connectivity index (χ0n) is 17.2. The fourth-order valence-corrected chi connectivity index (χ4v) is 3.16. The Bertz CT molecular complexity index is 1230. The van der Waals surface area contributed by atoms with Gasteiger partial charge in [-0.1, -0.05) is 24.3 Å². The molecule has 0 bridgehead atoms. The first kappa shape index (κ1) is 20.0. The van der Waals surface area contributed by atoms with Gasteiger partial charge in [-0.2, -0.15) is 5.10 Å². The molecular weight excluding hydrogens is 392 g/mol. The molecule has 0 radical (unpaired) electrons. The molecule has 4 rings (SSSR count). The lowest BCUT2D eigenvalue weighted by Gasteiger charge is -2.08. The number of hydrogen-bond acceptors (Lipinski definition) is 8. The number of anilines is 1.